The molecule has 0 saturated carbocycles. The molecule has 4 rings (SSSR count). The molecule has 0 spiro atoms. The highest BCUT2D eigenvalue weighted by molar-refractivity contribution is 7.92. The fourth-order valence-corrected chi connectivity index (χ4v) is 5.41. The number of esters is 1. The van der Waals surface area contributed by atoms with Gasteiger partial charge in [0.15, 0.2) is 6.61 Å². The number of hydrogen-bond donors (Lipinski definition) is 1. The number of nitrogens with zero attached hydrogens (tertiary/aromatic N) is 1. The minimum absolute atomic E-state index is 0.0790. The first-order chi connectivity index (χ1) is 19.2. The fraction of sp³-hybridized carbons (Fsp3) is 0.133. The third-order valence-electron chi connectivity index (χ3n) is 5.95. The van der Waals surface area contributed by atoms with E-state index >= 15 is 0 Å². The molecule has 0 aliphatic rings. The third kappa shape index (κ3) is 6.99. The lowest BCUT2D eigenvalue weighted by molar-refractivity contribution is -0.118. The summed E-state index contributed by atoms with van der Waals surface area (Å²) in [5.41, 5.74) is 2.64. The molecule has 0 aliphatic carbocycles. The van der Waals surface area contributed by atoms with E-state index in [0.717, 1.165) is 11.1 Å². The number of carbonyl (C=O) groups is 2. The first-order valence-corrected chi connectivity index (χ1v) is 14.0. The molecule has 0 radical (unpaired) electrons. The predicted octanol–water partition coefficient (Wildman–Crippen LogP) is 5.85. The van der Waals surface area contributed by atoms with E-state index in [9.17, 15) is 18.0 Å². The van der Waals surface area contributed by atoms with Crippen molar-refractivity contribution >= 4 is 44.9 Å². The van der Waals surface area contributed by atoms with Crippen LogP contribution in [0.2, 0.25) is 5.02 Å². The van der Waals surface area contributed by atoms with Gasteiger partial charge in [-0.3, -0.25) is 9.10 Å². The molecule has 8 nitrogen and oxygen atoms in total. The van der Waals surface area contributed by atoms with Crippen molar-refractivity contribution in [1.29, 1.82) is 0 Å². The number of nitrogens with one attached hydrogen (secondary N) is 1. The van der Waals surface area contributed by atoms with Gasteiger partial charge in [-0.2, -0.15) is 0 Å². The second-order valence-corrected chi connectivity index (χ2v) is 11.1. The molecule has 40 heavy (non-hydrogen) atoms. The van der Waals surface area contributed by atoms with Crippen LogP contribution in [0.25, 0.3) is 0 Å². The van der Waals surface area contributed by atoms with Gasteiger partial charge < -0.3 is 14.8 Å². The second-order valence-electron chi connectivity index (χ2n) is 8.82. The molecule has 0 heterocycles. The quantitative estimate of drug-likeness (QED) is 0.237. The number of aryl methyl sites for hydroxylation is 1. The molecule has 4 aromatic carbocycles. The monoisotopic (exact) mass is 578 g/mol. The maximum atomic E-state index is 13.7. The average Bonchev–Trinajstić information content (AvgIpc) is 2.96. The second kappa shape index (κ2) is 12.7. The standard InChI is InChI=1S/C30H27ClN2O6S/c1-21-7-17-26(18-8-21)40(36,37)33(19-22-9-11-23(31)12-10-22)24-13-15-25(16-14-24)39-20-29(34)32-28-6-4-3-5-27(28)30(35)38-2/h3-18H,19-20H2,1-2H3,(H,32,34). The first kappa shape index (κ1) is 28.7. The lowest BCUT2D eigenvalue weighted by Crippen LogP contribution is -2.30. The Labute approximate surface area is 238 Å². The van der Waals surface area contributed by atoms with Gasteiger partial charge in [-0.05, 0) is 73.2 Å². The van der Waals surface area contributed by atoms with Crippen LogP contribution in [0.1, 0.15) is 21.5 Å². The number of para-hydroxylation sites is 1. The summed E-state index contributed by atoms with van der Waals surface area (Å²) in [6.45, 7) is 1.64. The molecular weight excluding hydrogens is 552 g/mol. The Morgan fingerprint density at radius 3 is 2.17 bits per heavy atom. The van der Waals surface area contributed by atoms with Gasteiger partial charge in [0.05, 0.1) is 35.5 Å². The van der Waals surface area contributed by atoms with Gasteiger partial charge in [0.25, 0.3) is 15.9 Å². The van der Waals surface area contributed by atoms with Gasteiger partial charge in [-0.1, -0.05) is 53.6 Å². The van der Waals surface area contributed by atoms with Crippen molar-refractivity contribution in [3.63, 3.8) is 0 Å². The van der Waals surface area contributed by atoms with Crippen molar-refractivity contribution in [3.8, 4) is 5.75 Å². The van der Waals surface area contributed by atoms with Crippen molar-refractivity contribution in [1.82, 2.24) is 0 Å². The van der Waals surface area contributed by atoms with E-state index in [4.69, 9.17) is 21.1 Å². The van der Waals surface area contributed by atoms with Crippen molar-refractivity contribution in [2.75, 3.05) is 23.3 Å². The van der Waals surface area contributed by atoms with Gasteiger partial charge >= 0.3 is 5.97 Å². The molecule has 0 saturated heterocycles. The van der Waals surface area contributed by atoms with Gasteiger partial charge in [-0.25, -0.2) is 13.2 Å². The topological polar surface area (TPSA) is 102 Å². The number of anilines is 2. The van der Waals surface area contributed by atoms with E-state index in [1.54, 1.807) is 97.1 Å². The van der Waals surface area contributed by atoms with Crippen LogP contribution in [-0.4, -0.2) is 34.0 Å². The molecule has 1 amide bonds. The van der Waals surface area contributed by atoms with E-state index in [1.807, 2.05) is 6.92 Å². The molecule has 0 aromatic heterocycles. The van der Waals surface area contributed by atoms with E-state index in [-0.39, 0.29) is 23.6 Å². The Kier molecular flexibility index (Phi) is 9.08. The number of halogens is 1. The Morgan fingerprint density at radius 2 is 1.52 bits per heavy atom. The lowest BCUT2D eigenvalue weighted by Gasteiger charge is -2.25. The smallest absolute Gasteiger partial charge is 0.339 e. The molecule has 0 aliphatic heterocycles. The van der Waals surface area contributed by atoms with E-state index in [1.165, 1.54) is 11.4 Å². The zero-order valence-electron chi connectivity index (χ0n) is 21.8. The van der Waals surface area contributed by atoms with E-state index in [2.05, 4.69) is 5.32 Å². The summed E-state index contributed by atoms with van der Waals surface area (Å²) in [7, 11) is -2.65. The highest BCUT2D eigenvalue weighted by Gasteiger charge is 2.25. The molecule has 0 unspecified atom stereocenters. The van der Waals surface area contributed by atoms with Gasteiger partial charge in [-0.15, -0.1) is 0 Å². The summed E-state index contributed by atoms with van der Waals surface area (Å²) in [5.74, 6) is -0.692. The minimum atomic E-state index is -3.91. The van der Waals surface area contributed by atoms with Gasteiger partial charge in [0.2, 0.25) is 0 Å². The van der Waals surface area contributed by atoms with Gasteiger partial charge in [0.1, 0.15) is 5.75 Å². The van der Waals surface area contributed by atoms with Gasteiger partial charge in [0, 0.05) is 5.02 Å². The van der Waals surface area contributed by atoms with Crippen LogP contribution in [0.4, 0.5) is 11.4 Å². The van der Waals surface area contributed by atoms with Crippen molar-refractivity contribution in [3.05, 3.63) is 119 Å². The third-order valence-corrected chi connectivity index (χ3v) is 7.99. The Bertz CT molecular complexity index is 1590. The zero-order chi connectivity index (χ0) is 28.7. The lowest BCUT2D eigenvalue weighted by atomic mass is 10.2. The SMILES string of the molecule is COC(=O)c1ccccc1NC(=O)COc1ccc(N(Cc2ccc(Cl)cc2)S(=O)(=O)c2ccc(C)cc2)cc1. The molecule has 0 fully saturated rings. The van der Waals surface area contributed by atoms with E-state index in [0.29, 0.717) is 22.1 Å². The van der Waals surface area contributed by atoms with Crippen LogP contribution in [0.15, 0.2) is 102 Å². The zero-order valence-corrected chi connectivity index (χ0v) is 23.4. The largest absolute Gasteiger partial charge is 0.484 e. The minimum Gasteiger partial charge on any atom is -0.484 e. The summed E-state index contributed by atoms with van der Waals surface area (Å²) in [4.78, 5) is 24.6. The molecule has 10 heteroatoms. The molecule has 206 valence electrons. The number of sulfonamides is 1. The predicted molar refractivity (Wildman–Crippen MR) is 154 cm³/mol. The molecule has 0 bridgehead atoms. The van der Waals surface area contributed by atoms with Crippen LogP contribution >= 0.6 is 11.6 Å². The highest BCUT2D eigenvalue weighted by Crippen LogP contribution is 2.28. The maximum absolute atomic E-state index is 13.7. The normalized spacial score (nSPS) is 11.0. The van der Waals surface area contributed by atoms with Crippen molar-refractivity contribution in [2.24, 2.45) is 0 Å². The fourth-order valence-electron chi connectivity index (χ4n) is 3.83. The average molecular weight is 579 g/mol. The van der Waals surface area contributed by atoms with Crippen molar-refractivity contribution in [2.45, 2.75) is 18.4 Å². The number of ether oxygens (including phenoxy) is 2. The Balaban J connectivity index is 1.51. The molecular formula is C30H27ClN2O6S. The highest BCUT2D eigenvalue weighted by atomic mass is 35.5. The number of rotatable bonds is 10. The van der Waals surface area contributed by atoms with Crippen molar-refractivity contribution < 1.29 is 27.5 Å². The number of methoxy groups -OCH3 is 1. The number of benzene rings is 4. The molecule has 1 N–H and O–H groups in total. The number of carbonyl (C=O) groups excluding carboxylic acids is 2. The number of hydrogen-bond acceptors (Lipinski definition) is 6. The maximum Gasteiger partial charge on any atom is 0.339 e. The summed E-state index contributed by atoms with van der Waals surface area (Å²) in [5, 5.41) is 3.19. The van der Waals surface area contributed by atoms with Crippen LogP contribution in [0.3, 0.4) is 0 Å². The number of amides is 1. The van der Waals surface area contributed by atoms with Crippen LogP contribution in [-0.2, 0) is 26.1 Å². The summed E-state index contributed by atoms with van der Waals surface area (Å²) in [6, 6.07) is 26.5. The van der Waals surface area contributed by atoms with E-state index < -0.39 is 21.9 Å². The van der Waals surface area contributed by atoms with Crippen LogP contribution in [0, 0.1) is 6.92 Å². The Hall–Kier alpha value is -4.34. The summed E-state index contributed by atoms with van der Waals surface area (Å²) < 4.78 is 39.0. The van der Waals surface area contributed by atoms with Crippen LogP contribution < -0.4 is 14.4 Å². The Morgan fingerprint density at radius 1 is 0.875 bits per heavy atom. The summed E-state index contributed by atoms with van der Waals surface area (Å²) >= 11 is 6.01. The first-order valence-electron chi connectivity index (χ1n) is 12.2. The molecule has 4 aromatic rings. The van der Waals surface area contributed by atoms with Crippen LogP contribution in [0.5, 0.6) is 5.75 Å². The molecule has 0 atom stereocenters. The summed E-state index contributed by atoms with van der Waals surface area (Å²) in [6.07, 6.45) is 0.